The largest absolute Gasteiger partial charge is 0.475 e. The molecule has 4 heteroatoms. The van der Waals surface area contributed by atoms with Crippen molar-refractivity contribution in [1.82, 2.24) is 4.98 Å². The van der Waals surface area contributed by atoms with Gasteiger partial charge in [-0.15, -0.1) is 0 Å². The number of aliphatic carboxylic acids is 1. The number of hydrogen-bond acceptors (Lipinski definition) is 2. The van der Waals surface area contributed by atoms with Gasteiger partial charge < -0.3 is 10.1 Å². The van der Waals surface area contributed by atoms with Crippen molar-refractivity contribution >= 4 is 22.7 Å². The van der Waals surface area contributed by atoms with Gasteiger partial charge in [0, 0.05) is 16.6 Å². The van der Waals surface area contributed by atoms with E-state index in [1.54, 1.807) is 13.0 Å². The Balaban J connectivity index is 2.77. The van der Waals surface area contributed by atoms with Gasteiger partial charge in [0.15, 0.2) is 0 Å². The molecule has 0 saturated carbocycles. The Morgan fingerprint density at radius 1 is 1.35 bits per heavy atom. The predicted octanol–water partition coefficient (Wildman–Crippen LogP) is 2.31. The molecule has 0 aliphatic heterocycles. The molecular weight excluding hydrogens is 218 g/mol. The first-order valence-corrected chi connectivity index (χ1v) is 5.44. The highest BCUT2D eigenvalue weighted by molar-refractivity contribution is 6.42. The zero-order chi connectivity index (χ0) is 12.6. The Bertz CT molecular complexity index is 610. The van der Waals surface area contributed by atoms with E-state index in [9.17, 15) is 9.59 Å². The molecule has 2 rings (SSSR count). The van der Waals surface area contributed by atoms with Crippen LogP contribution in [0, 0.1) is 6.92 Å². The smallest absolute Gasteiger partial charge is 0.377 e. The summed E-state index contributed by atoms with van der Waals surface area (Å²) in [5, 5.41) is 9.49. The number of hydrogen-bond donors (Lipinski definition) is 2. The van der Waals surface area contributed by atoms with Crippen LogP contribution in [0.3, 0.4) is 0 Å². The number of rotatable bonds is 3. The van der Waals surface area contributed by atoms with Gasteiger partial charge in [-0.2, -0.15) is 0 Å². The molecule has 0 aliphatic carbocycles. The third-order valence-corrected chi connectivity index (χ3v) is 2.91. The Hall–Kier alpha value is -2.10. The van der Waals surface area contributed by atoms with Gasteiger partial charge in [-0.05, 0) is 18.9 Å². The van der Waals surface area contributed by atoms with Gasteiger partial charge in [0.2, 0.25) is 0 Å². The standard InChI is InChI=1S/C13H13NO3/c1-3-8-5-4-6-9-10(12(15)13(16)17)7(2)14-11(8)9/h4-6,14H,3H2,1-2H3,(H,16,17). The van der Waals surface area contributed by atoms with Gasteiger partial charge in [-0.25, -0.2) is 4.79 Å². The molecule has 1 aromatic carbocycles. The maximum absolute atomic E-state index is 11.6. The average molecular weight is 231 g/mol. The van der Waals surface area contributed by atoms with Crippen molar-refractivity contribution in [3.8, 4) is 0 Å². The van der Waals surface area contributed by atoms with Crippen LogP contribution in [0.4, 0.5) is 0 Å². The molecule has 0 saturated heterocycles. The van der Waals surface area contributed by atoms with E-state index in [1.807, 2.05) is 19.1 Å². The number of carboxylic acid groups (broad SMARTS) is 1. The third-order valence-electron chi connectivity index (χ3n) is 2.91. The van der Waals surface area contributed by atoms with Crippen LogP contribution >= 0.6 is 0 Å². The van der Waals surface area contributed by atoms with Crippen LogP contribution in [0.2, 0.25) is 0 Å². The lowest BCUT2D eigenvalue weighted by atomic mass is 10.0. The molecule has 17 heavy (non-hydrogen) atoms. The zero-order valence-electron chi connectivity index (χ0n) is 9.70. The van der Waals surface area contributed by atoms with Crippen LogP contribution in [-0.2, 0) is 11.2 Å². The second-order valence-corrected chi connectivity index (χ2v) is 3.95. The summed E-state index contributed by atoms with van der Waals surface area (Å²) in [6, 6.07) is 5.58. The molecule has 88 valence electrons. The summed E-state index contributed by atoms with van der Waals surface area (Å²) in [4.78, 5) is 25.5. The van der Waals surface area contributed by atoms with E-state index >= 15 is 0 Å². The number of fused-ring (bicyclic) bond motifs is 1. The average Bonchev–Trinajstić information content (AvgIpc) is 2.63. The number of aryl methyl sites for hydroxylation is 2. The Morgan fingerprint density at radius 3 is 2.65 bits per heavy atom. The van der Waals surface area contributed by atoms with Crippen LogP contribution in [0.1, 0.15) is 28.5 Å². The first-order valence-electron chi connectivity index (χ1n) is 5.44. The van der Waals surface area contributed by atoms with Crippen LogP contribution < -0.4 is 0 Å². The number of para-hydroxylation sites is 1. The van der Waals surface area contributed by atoms with E-state index in [0.29, 0.717) is 11.1 Å². The van der Waals surface area contributed by atoms with E-state index in [0.717, 1.165) is 17.5 Å². The fourth-order valence-electron chi connectivity index (χ4n) is 2.10. The first-order chi connectivity index (χ1) is 8.06. The second-order valence-electron chi connectivity index (χ2n) is 3.95. The van der Waals surface area contributed by atoms with Crippen molar-refractivity contribution in [3.05, 3.63) is 35.0 Å². The lowest BCUT2D eigenvalue weighted by molar-refractivity contribution is -0.131. The van der Waals surface area contributed by atoms with Gasteiger partial charge in [0.1, 0.15) is 0 Å². The van der Waals surface area contributed by atoms with E-state index in [2.05, 4.69) is 4.98 Å². The van der Waals surface area contributed by atoms with Crippen molar-refractivity contribution in [2.24, 2.45) is 0 Å². The van der Waals surface area contributed by atoms with E-state index in [1.165, 1.54) is 0 Å². The number of Topliss-reactive ketones (excluding diaryl/α,β-unsaturated/α-hetero) is 1. The number of benzene rings is 1. The maximum Gasteiger partial charge on any atom is 0.377 e. The fraction of sp³-hybridized carbons (Fsp3) is 0.231. The molecule has 0 amide bonds. The predicted molar refractivity (Wildman–Crippen MR) is 64.4 cm³/mol. The summed E-state index contributed by atoms with van der Waals surface area (Å²) in [6.45, 7) is 3.74. The molecule has 0 aliphatic rings. The monoisotopic (exact) mass is 231 g/mol. The highest BCUT2D eigenvalue weighted by Gasteiger charge is 2.22. The summed E-state index contributed by atoms with van der Waals surface area (Å²) < 4.78 is 0. The van der Waals surface area contributed by atoms with Crippen molar-refractivity contribution in [1.29, 1.82) is 0 Å². The van der Waals surface area contributed by atoms with Crippen molar-refractivity contribution in [3.63, 3.8) is 0 Å². The normalized spacial score (nSPS) is 10.7. The number of ketones is 1. The molecular formula is C13H13NO3. The Kier molecular flexibility index (Phi) is 2.71. The molecule has 2 aromatic rings. The van der Waals surface area contributed by atoms with Crippen molar-refractivity contribution < 1.29 is 14.7 Å². The van der Waals surface area contributed by atoms with Crippen molar-refractivity contribution in [2.75, 3.05) is 0 Å². The van der Waals surface area contributed by atoms with Gasteiger partial charge in [-0.1, -0.05) is 25.1 Å². The lowest BCUT2D eigenvalue weighted by Crippen LogP contribution is -2.13. The number of aromatic nitrogens is 1. The quantitative estimate of drug-likeness (QED) is 0.629. The molecule has 0 bridgehead atoms. The topological polar surface area (TPSA) is 70.2 Å². The third kappa shape index (κ3) is 1.71. The highest BCUT2D eigenvalue weighted by Crippen LogP contribution is 2.25. The maximum atomic E-state index is 11.6. The van der Waals surface area contributed by atoms with Gasteiger partial charge in [0.25, 0.3) is 5.78 Å². The highest BCUT2D eigenvalue weighted by atomic mass is 16.4. The van der Waals surface area contributed by atoms with Crippen LogP contribution in [-0.4, -0.2) is 21.8 Å². The zero-order valence-corrected chi connectivity index (χ0v) is 9.70. The Labute approximate surface area is 98.3 Å². The molecule has 0 atom stereocenters. The van der Waals surface area contributed by atoms with E-state index in [-0.39, 0.29) is 5.56 Å². The second kappa shape index (κ2) is 4.05. The number of carbonyl (C=O) groups is 2. The number of carbonyl (C=O) groups excluding carboxylic acids is 1. The van der Waals surface area contributed by atoms with E-state index < -0.39 is 11.8 Å². The number of H-pyrrole nitrogens is 1. The minimum Gasteiger partial charge on any atom is -0.475 e. The molecule has 1 heterocycles. The molecule has 0 radical (unpaired) electrons. The van der Waals surface area contributed by atoms with Crippen LogP contribution in [0.5, 0.6) is 0 Å². The minimum absolute atomic E-state index is 0.266. The number of nitrogens with one attached hydrogen (secondary N) is 1. The van der Waals surface area contributed by atoms with Gasteiger partial charge >= 0.3 is 5.97 Å². The summed E-state index contributed by atoms with van der Waals surface area (Å²) in [7, 11) is 0. The Morgan fingerprint density at radius 2 is 2.06 bits per heavy atom. The molecule has 4 nitrogen and oxygen atoms in total. The molecule has 1 aromatic heterocycles. The molecule has 2 N–H and O–H groups in total. The van der Waals surface area contributed by atoms with Crippen molar-refractivity contribution in [2.45, 2.75) is 20.3 Å². The fourth-order valence-corrected chi connectivity index (χ4v) is 2.10. The van der Waals surface area contributed by atoms with Gasteiger partial charge in [-0.3, -0.25) is 4.79 Å². The molecule has 0 spiro atoms. The SMILES string of the molecule is CCc1cccc2c(C(=O)C(=O)O)c(C)[nH]c12. The summed E-state index contributed by atoms with van der Waals surface area (Å²) in [6.07, 6.45) is 0.831. The van der Waals surface area contributed by atoms with Crippen LogP contribution in [0.15, 0.2) is 18.2 Å². The summed E-state index contributed by atoms with van der Waals surface area (Å²) in [5.74, 6) is -2.28. The molecule has 0 unspecified atom stereocenters. The van der Waals surface area contributed by atoms with Crippen LogP contribution in [0.25, 0.3) is 10.9 Å². The summed E-state index contributed by atoms with van der Waals surface area (Å²) >= 11 is 0. The lowest BCUT2D eigenvalue weighted by Gasteiger charge is -1.99. The van der Waals surface area contributed by atoms with Gasteiger partial charge in [0.05, 0.1) is 5.56 Å². The number of carboxylic acids is 1. The summed E-state index contributed by atoms with van der Waals surface area (Å²) in [5.41, 5.74) is 2.81. The number of aromatic amines is 1. The van der Waals surface area contributed by atoms with E-state index in [4.69, 9.17) is 5.11 Å². The molecule has 0 fully saturated rings. The first kappa shape index (κ1) is 11.4. The minimum atomic E-state index is -1.42.